The number of hydrogen-bond acceptors (Lipinski definition) is 4. The molecular formula is C11H17Cl2NO3. The van der Waals surface area contributed by atoms with Crippen LogP contribution in [0.5, 0.6) is 11.5 Å². The molecule has 0 fully saturated rings. The first kappa shape index (κ1) is 16.3. The molecule has 0 aliphatic carbocycles. The van der Waals surface area contributed by atoms with Crippen LogP contribution in [0.25, 0.3) is 0 Å². The summed E-state index contributed by atoms with van der Waals surface area (Å²) in [5, 5.41) is 9.27. The fourth-order valence-corrected chi connectivity index (χ4v) is 1.86. The van der Waals surface area contributed by atoms with Gasteiger partial charge in [0.05, 0.1) is 19.2 Å². The second-order valence-electron chi connectivity index (χ2n) is 3.32. The minimum Gasteiger partial charge on any atom is -0.493 e. The fraction of sp³-hybridized carbons (Fsp3) is 0.455. The molecular weight excluding hydrogens is 265 g/mol. The van der Waals surface area contributed by atoms with Crippen molar-refractivity contribution in [1.82, 2.24) is 0 Å². The SMILES string of the molecule is COc1ccc([C@H](N)CCO)c(Cl)c1OC.Cl. The summed E-state index contributed by atoms with van der Waals surface area (Å²) in [5.41, 5.74) is 6.62. The molecule has 0 aliphatic heterocycles. The van der Waals surface area contributed by atoms with Crippen LogP contribution in [0, 0.1) is 0 Å². The fourth-order valence-electron chi connectivity index (χ4n) is 1.49. The van der Waals surface area contributed by atoms with Crippen LogP contribution in [0.4, 0.5) is 0 Å². The Morgan fingerprint density at radius 2 is 2.00 bits per heavy atom. The first-order chi connectivity index (χ1) is 7.65. The van der Waals surface area contributed by atoms with Gasteiger partial charge in [0.1, 0.15) is 0 Å². The van der Waals surface area contributed by atoms with Gasteiger partial charge in [0.2, 0.25) is 0 Å². The number of aliphatic hydroxyl groups excluding tert-OH is 1. The van der Waals surface area contributed by atoms with E-state index in [0.29, 0.717) is 22.9 Å². The van der Waals surface area contributed by atoms with Crippen molar-refractivity contribution in [1.29, 1.82) is 0 Å². The standard InChI is InChI=1S/C11H16ClNO3.ClH/c1-15-9-4-3-7(8(13)5-6-14)10(12)11(9)16-2;/h3-4,8,14H,5-6,13H2,1-2H3;1H/t8-;/m1./s1. The van der Waals surface area contributed by atoms with Gasteiger partial charge >= 0.3 is 0 Å². The highest BCUT2D eigenvalue weighted by Crippen LogP contribution is 2.39. The van der Waals surface area contributed by atoms with Crippen molar-refractivity contribution < 1.29 is 14.6 Å². The highest BCUT2D eigenvalue weighted by Gasteiger charge is 2.17. The summed E-state index contributed by atoms with van der Waals surface area (Å²) in [5.74, 6) is 1.03. The zero-order valence-corrected chi connectivity index (χ0v) is 11.3. The Morgan fingerprint density at radius 3 is 2.47 bits per heavy atom. The van der Waals surface area contributed by atoms with Gasteiger partial charge in [-0.05, 0) is 18.1 Å². The average molecular weight is 282 g/mol. The molecule has 98 valence electrons. The molecule has 1 atom stereocenters. The number of nitrogens with two attached hydrogens (primary N) is 1. The molecule has 0 spiro atoms. The number of aliphatic hydroxyl groups is 1. The Balaban J connectivity index is 0.00000256. The smallest absolute Gasteiger partial charge is 0.179 e. The van der Waals surface area contributed by atoms with E-state index >= 15 is 0 Å². The van der Waals surface area contributed by atoms with Gasteiger partial charge in [0.25, 0.3) is 0 Å². The summed E-state index contributed by atoms with van der Waals surface area (Å²) in [6.07, 6.45) is 0.454. The molecule has 1 aromatic carbocycles. The Bertz CT molecular complexity index is 361. The Morgan fingerprint density at radius 1 is 1.35 bits per heavy atom. The second kappa shape index (κ2) is 7.61. The van der Waals surface area contributed by atoms with Gasteiger partial charge in [-0.15, -0.1) is 12.4 Å². The summed E-state index contributed by atoms with van der Waals surface area (Å²) >= 11 is 6.16. The van der Waals surface area contributed by atoms with E-state index in [-0.39, 0.29) is 25.1 Å². The van der Waals surface area contributed by atoms with Crippen LogP contribution in [-0.4, -0.2) is 25.9 Å². The first-order valence-electron chi connectivity index (χ1n) is 4.92. The lowest BCUT2D eigenvalue weighted by atomic mass is 10.0. The van der Waals surface area contributed by atoms with Crippen LogP contribution < -0.4 is 15.2 Å². The number of ether oxygens (including phenoxy) is 2. The van der Waals surface area contributed by atoms with E-state index in [2.05, 4.69) is 0 Å². The summed E-state index contributed by atoms with van der Waals surface area (Å²) in [6, 6.07) is 3.22. The molecule has 0 bridgehead atoms. The summed E-state index contributed by atoms with van der Waals surface area (Å²) in [6.45, 7) is 0.0197. The molecule has 0 unspecified atom stereocenters. The third-order valence-corrected chi connectivity index (χ3v) is 2.74. The number of hydrogen-bond donors (Lipinski definition) is 2. The summed E-state index contributed by atoms with van der Waals surface area (Å²) in [7, 11) is 3.06. The van der Waals surface area contributed by atoms with Gasteiger partial charge in [-0.2, -0.15) is 0 Å². The first-order valence-corrected chi connectivity index (χ1v) is 5.30. The second-order valence-corrected chi connectivity index (χ2v) is 3.70. The highest BCUT2D eigenvalue weighted by molar-refractivity contribution is 6.33. The van der Waals surface area contributed by atoms with Crippen molar-refractivity contribution in [3.05, 3.63) is 22.7 Å². The molecule has 0 saturated carbocycles. The average Bonchev–Trinajstić information content (AvgIpc) is 2.28. The predicted octanol–water partition coefficient (Wildman–Crippen LogP) is 2.16. The van der Waals surface area contributed by atoms with Gasteiger partial charge in [0.15, 0.2) is 11.5 Å². The zero-order valence-electron chi connectivity index (χ0n) is 9.77. The maximum atomic E-state index is 8.84. The van der Waals surface area contributed by atoms with Crippen molar-refractivity contribution in [3.8, 4) is 11.5 Å². The molecule has 1 aromatic rings. The normalized spacial score (nSPS) is 11.6. The minimum absolute atomic E-state index is 0. The third-order valence-electron chi connectivity index (χ3n) is 2.35. The number of benzene rings is 1. The van der Waals surface area contributed by atoms with Gasteiger partial charge in [-0.25, -0.2) is 0 Å². The quantitative estimate of drug-likeness (QED) is 0.868. The van der Waals surface area contributed by atoms with Crippen LogP contribution in [-0.2, 0) is 0 Å². The van der Waals surface area contributed by atoms with E-state index in [0.717, 1.165) is 5.56 Å². The summed E-state index contributed by atoms with van der Waals surface area (Å²) in [4.78, 5) is 0. The Hall–Kier alpha value is -0.680. The van der Waals surface area contributed by atoms with Crippen LogP contribution >= 0.6 is 24.0 Å². The molecule has 6 heteroatoms. The molecule has 0 heterocycles. The van der Waals surface area contributed by atoms with Crippen molar-refractivity contribution in [3.63, 3.8) is 0 Å². The predicted molar refractivity (Wildman–Crippen MR) is 70.4 cm³/mol. The van der Waals surface area contributed by atoms with Crippen LogP contribution in [0.1, 0.15) is 18.0 Å². The molecule has 0 saturated heterocycles. The van der Waals surface area contributed by atoms with E-state index in [1.54, 1.807) is 19.2 Å². The lowest BCUT2D eigenvalue weighted by molar-refractivity contribution is 0.276. The monoisotopic (exact) mass is 281 g/mol. The zero-order chi connectivity index (χ0) is 12.1. The topological polar surface area (TPSA) is 64.7 Å². The molecule has 17 heavy (non-hydrogen) atoms. The van der Waals surface area contributed by atoms with Crippen LogP contribution in [0.3, 0.4) is 0 Å². The summed E-state index contributed by atoms with van der Waals surface area (Å²) < 4.78 is 10.3. The van der Waals surface area contributed by atoms with E-state index in [1.807, 2.05) is 0 Å². The Kier molecular flexibility index (Phi) is 7.30. The molecule has 1 rings (SSSR count). The molecule has 4 nitrogen and oxygen atoms in total. The lowest BCUT2D eigenvalue weighted by Gasteiger charge is -2.16. The number of rotatable bonds is 5. The third kappa shape index (κ3) is 3.64. The van der Waals surface area contributed by atoms with Crippen LogP contribution in [0.2, 0.25) is 5.02 Å². The molecule has 0 radical (unpaired) electrons. The van der Waals surface area contributed by atoms with Crippen molar-refractivity contribution >= 4 is 24.0 Å². The van der Waals surface area contributed by atoms with E-state index in [9.17, 15) is 0 Å². The molecule has 3 N–H and O–H groups in total. The van der Waals surface area contributed by atoms with Gasteiger partial charge in [-0.3, -0.25) is 0 Å². The van der Waals surface area contributed by atoms with Gasteiger partial charge in [-0.1, -0.05) is 17.7 Å². The van der Waals surface area contributed by atoms with E-state index in [1.165, 1.54) is 7.11 Å². The van der Waals surface area contributed by atoms with Crippen molar-refractivity contribution in [2.24, 2.45) is 5.73 Å². The lowest BCUT2D eigenvalue weighted by Crippen LogP contribution is -2.13. The van der Waals surface area contributed by atoms with Gasteiger partial charge < -0.3 is 20.3 Å². The van der Waals surface area contributed by atoms with E-state index in [4.69, 9.17) is 31.9 Å². The van der Waals surface area contributed by atoms with Crippen molar-refractivity contribution in [2.75, 3.05) is 20.8 Å². The molecule has 0 aromatic heterocycles. The largest absolute Gasteiger partial charge is 0.493 e. The van der Waals surface area contributed by atoms with Crippen molar-refractivity contribution in [2.45, 2.75) is 12.5 Å². The van der Waals surface area contributed by atoms with Gasteiger partial charge in [0, 0.05) is 12.6 Å². The van der Waals surface area contributed by atoms with Crippen LogP contribution in [0.15, 0.2) is 12.1 Å². The minimum atomic E-state index is -0.308. The maximum absolute atomic E-state index is 8.84. The molecule has 0 aliphatic rings. The molecule has 0 amide bonds. The van der Waals surface area contributed by atoms with E-state index < -0.39 is 0 Å². The Labute approximate surface area is 112 Å². The highest BCUT2D eigenvalue weighted by atomic mass is 35.5. The number of halogens is 2. The maximum Gasteiger partial charge on any atom is 0.179 e. The number of methoxy groups -OCH3 is 2.